The molecule has 0 aliphatic rings. The van der Waals surface area contributed by atoms with Crippen LogP contribution in [0.1, 0.15) is 13.8 Å². The maximum atomic E-state index is 11.2. The van der Waals surface area contributed by atoms with Crippen molar-refractivity contribution < 1.29 is 14.7 Å². The fraction of sp³-hybridized carbons (Fsp3) is 0.500. The second-order valence-electron chi connectivity index (χ2n) is 2.29. The molecule has 74 valence electrons. The predicted molar refractivity (Wildman–Crippen MR) is 48.2 cm³/mol. The summed E-state index contributed by atoms with van der Waals surface area (Å²) in [5.41, 5.74) is 0. The molecule has 0 aromatic rings. The fourth-order valence-electron chi connectivity index (χ4n) is 0.786. The highest BCUT2D eigenvalue weighted by Crippen LogP contribution is 1.87. The molecule has 0 bridgehead atoms. The Morgan fingerprint density at radius 2 is 1.92 bits per heavy atom. The van der Waals surface area contributed by atoms with Crippen LogP contribution in [-0.2, 0) is 4.79 Å². The van der Waals surface area contributed by atoms with Crippen molar-refractivity contribution in [1.29, 1.82) is 0 Å². The zero-order valence-electron chi connectivity index (χ0n) is 7.78. The normalized spacial score (nSPS) is 10.0. The van der Waals surface area contributed by atoms with E-state index in [4.69, 9.17) is 5.11 Å². The van der Waals surface area contributed by atoms with Crippen molar-refractivity contribution in [2.24, 2.45) is 0 Å². The Hall–Kier alpha value is -1.52. The minimum atomic E-state index is -1.08. The molecule has 0 heterocycles. The fourth-order valence-corrected chi connectivity index (χ4v) is 0.786. The smallest absolute Gasteiger partial charge is 0.329 e. The molecule has 5 heteroatoms. The summed E-state index contributed by atoms with van der Waals surface area (Å²) in [6.45, 7) is 4.90. The van der Waals surface area contributed by atoms with E-state index in [-0.39, 0.29) is 6.03 Å². The number of nitrogens with zero attached hydrogens (tertiary/aromatic N) is 1. The van der Waals surface area contributed by atoms with E-state index in [1.54, 1.807) is 4.90 Å². The number of aliphatic carboxylic acids is 1. The third kappa shape index (κ3) is 4.84. The van der Waals surface area contributed by atoms with Crippen LogP contribution in [0.2, 0.25) is 0 Å². The predicted octanol–water partition coefficient (Wildman–Crippen LogP) is 0.636. The summed E-state index contributed by atoms with van der Waals surface area (Å²) in [6, 6.07) is -0.289. The van der Waals surface area contributed by atoms with Crippen LogP contribution in [0.3, 0.4) is 0 Å². The molecule has 0 atom stereocenters. The molecule has 2 amide bonds. The van der Waals surface area contributed by atoms with Gasteiger partial charge in [-0.1, -0.05) is 0 Å². The topological polar surface area (TPSA) is 69.6 Å². The summed E-state index contributed by atoms with van der Waals surface area (Å²) in [5, 5.41) is 10.6. The van der Waals surface area contributed by atoms with E-state index in [1.807, 2.05) is 13.8 Å². The molecule has 0 radical (unpaired) electrons. The number of carbonyl (C=O) groups is 2. The van der Waals surface area contributed by atoms with Gasteiger partial charge < -0.3 is 15.3 Å². The molecule has 0 rings (SSSR count). The molecule has 0 unspecified atom stereocenters. The number of hydrogen-bond donors (Lipinski definition) is 2. The molecule has 0 aromatic heterocycles. The van der Waals surface area contributed by atoms with Gasteiger partial charge in [0, 0.05) is 25.4 Å². The molecular weight excluding hydrogens is 172 g/mol. The van der Waals surface area contributed by atoms with Crippen molar-refractivity contribution in [2.75, 3.05) is 13.1 Å². The first-order chi connectivity index (χ1) is 6.11. The Morgan fingerprint density at radius 3 is 2.31 bits per heavy atom. The van der Waals surface area contributed by atoms with Crippen molar-refractivity contribution >= 4 is 12.0 Å². The van der Waals surface area contributed by atoms with Gasteiger partial charge >= 0.3 is 12.0 Å². The van der Waals surface area contributed by atoms with Gasteiger partial charge in [0.15, 0.2) is 0 Å². The number of carboxylic acids is 1. The largest absolute Gasteiger partial charge is 0.478 e. The zero-order valence-corrected chi connectivity index (χ0v) is 7.78. The number of urea groups is 1. The van der Waals surface area contributed by atoms with E-state index in [9.17, 15) is 9.59 Å². The molecule has 0 spiro atoms. The van der Waals surface area contributed by atoms with Crippen LogP contribution in [0.15, 0.2) is 12.3 Å². The van der Waals surface area contributed by atoms with Crippen LogP contribution in [0.4, 0.5) is 4.79 Å². The Labute approximate surface area is 77.0 Å². The van der Waals surface area contributed by atoms with Gasteiger partial charge in [-0.2, -0.15) is 0 Å². The maximum absolute atomic E-state index is 11.2. The number of rotatable bonds is 4. The Bertz CT molecular complexity index is 209. The second-order valence-corrected chi connectivity index (χ2v) is 2.29. The molecule has 5 nitrogen and oxygen atoms in total. The molecular formula is C8H14N2O3. The Morgan fingerprint density at radius 1 is 1.38 bits per heavy atom. The number of nitrogens with one attached hydrogen (secondary N) is 1. The minimum Gasteiger partial charge on any atom is -0.478 e. The number of hydrogen-bond acceptors (Lipinski definition) is 2. The van der Waals surface area contributed by atoms with Gasteiger partial charge in [-0.3, -0.25) is 0 Å². The summed E-state index contributed by atoms with van der Waals surface area (Å²) in [4.78, 5) is 22.7. The van der Waals surface area contributed by atoms with Gasteiger partial charge in [0.1, 0.15) is 0 Å². The van der Waals surface area contributed by atoms with Gasteiger partial charge in [-0.05, 0) is 13.8 Å². The van der Waals surface area contributed by atoms with Gasteiger partial charge in [-0.25, -0.2) is 9.59 Å². The van der Waals surface area contributed by atoms with E-state index in [1.165, 1.54) is 0 Å². The van der Waals surface area contributed by atoms with Crippen molar-refractivity contribution in [2.45, 2.75) is 13.8 Å². The van der Waals surface area contributed by atoms with Gasteiger partial charge in [-0.15, -0.1) is 0 Å². The molecule has 0 saturated carbocycles. The molecule has 0 aliphatic heterocycles. The Balaban J connectivity index is 3.92. The first kappa shape index (κ1) is 11.5. The van der Waals surface area contributed by atoms with Crippen LogP contribution in [0.25, 0.3) is 0 Å². The number of carbonyl (C=O) groups excluding carboxylic acids is 1. The second kappa shape index (κ2) is 6.05. The molecule has 2 N–H and O–H groups in total. The average molecular weight is 186 g/mol. The van der Waals surface area contributed by atoms with E-state index in [0.29, 0.717) is 13.1 Å². The first-order valence-electron chi connectivity index (χ1n) is 4.06. The SMILES string of the molecule is CCN(CC)C(=O)N/C=C/C(=O)O. The summed E-state index contributed by atoms with van der Waals surface area (Å²) >= 11 is 0. The highest BCUT2D eigenvalue weighted by Gasteiger charge is 2.05. The average Bonchev–Trinajstić information content (AvgIpc) is 2.05. The van der Waals surface area contributed by atoms with Gasteiger partial charge in [0.25, 0.3) is 0 Å². The van der Waals surface area contributed by atoms with Crippen LogP contribution < -0.4 is 5.32 Å². The highest BCUT2D eigenvalue weighted by molar-refractivity contribution is 5.81. The van der Waals surface area contributed by atoms with Gasteiger partial charge in [0.2, 0.25) is 0 Å². The van der Waals surface area contributed by atoms with E-state index in [2.05, 4.69) is 5.32 Å². The van der Waals surface area contributed by atoms with Gasteiger partial charge in [0.05, 0.1) is 0 Å². The lowest BCUT2D eigenvalue weighted by Gasteiger charge is -2.17. The molecule has 0 fully saturated rings. The lowest BCUT2D eigenvalue weighted by molar-refractivity contribution is -0.131. The highest BCUT2D eigenvalue weighted by atomic mass is 16.4. The van der Waals surface area contributed by atoms with Crippen LogP contribution in [-0.4, -0.2) is 35.1 Å². The minimum absolute atomic E-state index is 0.289. The van der Waals surface area contributed by atoms with E-state index < -0.39 is 5.97 Å². The Kier molecular flexibility index (Phi) is 5.34. The van der Waals surface area contributed by atoms with Crippen LogP contribution >= 0.6 is 0 Å². The summed E-state index contributed by atoms with van der Waals surface area (Å²) in [5.74, 6) is -1.08. The quantitative estimate of drug-likeness (QED) is 0.633. The third-order valence-corrected chi connectivity index (χ3v) is 1.48. The number of carboxylic acid groups (broad SMARTS) is 1. The monoisotopic (exact) mass is 186 g/mol. The lowest BCUT2D eigenvalue weighted by atomic mass is 10.5. The van der Waals surface area contributed by atoms with Crippen molar-refractivity contribution in [3.05, 3.63) is 12.3 Å². The first-order valence-corrected chi connectivity index (χ1v) is 4.06. The molecule has 13 heavy (non-hydrogen) atoms. The molecule has 0 aromatic carbocycles. The van der Waals surface area contributed by atoms with Crippen molar-refractivity contribution in [3.8, 4) is 0 Å². The lowest BCUT2D eigenvalue weighted by Crippen LogP contribution is -2.37. The molecule has 0 aliphatic carbocycles. The van der Waals surface area contributed by atoms with E-state index in [0.717, 1.165) is 12.3 Å². The summed E-state index contributed by atoms with van der Waals surface area (Å²) < 4.78 is 0. The number of amides is 2. The van der Waals surface area contributed by atoms with Crippen molar-refractivity contribution in [1.82, 2.24) is 10.2 Å². The summed E-state index contributed by atoms with van der Waals surface area (Å²) in [7, 11) is 0. The van der Waals surface area contributed by atoms with Crippen LogP contribution in [0.5, 0.6) is 0 Å². The van der Waals surface area contributed by atoms with E-state index >= 15 is 0 Å². The maximum Gasteiger partial charge on any atom is 0.329 e. The molecule has 0 saturated heterocycles. The van der Waals surface area contributed by atoms with Crippen LogP contribution in [0, 0.1) is 0 Å². The van der Waals surface area contributed by atoms with Crippen molar-refractivity contribution in [3.63, 3.8) is 0 Å². The summed E-state index contributed by atoms with van der Waals surface area (Å²) in [6.07, 6.45) is 1.99. The zero-order chi connectivity index (χ0) is 10.3. The standard InChI is InChI=1S/C8H14N2O3/c1-3-10(4-2)8(13)9-6-5-7(11)12/h5-6H,3-4H2,1-2H3,(H,9,13)(H,11,12)/b6-5+. The third-order valence-electron chi connectivity index (χ3n) is 1.48.